The molecule has 0 aliphatic rings. The van der Waals surface area contributed by atoms with Crippen molar-refractivity contribution in [2.75, 3.05) is 12.4 Å². The molecule has 32 heavy (non-hydrogen) atoms. The zero-order valence-corrected chi connectivity index (χ0v) is 21.3. The summed E-state index contributed by atoms with van der Waals surface area (Å²) in [5.74, 6) is 0.248. The molecule has 3 rings (SSSR count). The molecule has 1 atom stereocenters. The van der Waals surface area contributed by atoms with Gasteiger partial charge < -0.3 is 4.43 Å². The maximum Gasteiger partial charge on any atom is 0.261 e. The molecule has 3 aromatic rings. The van der Waals surface area contributed by atoms with Crippen molar-refractivity contribution in [2.24, 2.45) is 5.92 Å². The van der Waals surface area contributed by atoms with E-state index < -0.39 is 18.2 Å². The Labute approximate surface area is 194 Å². The van der Waals surface area contributed by atoms with Gasteiger partial charge in [-0.25, -0.2) is 8.42 Å². The molecule has 3 nitrogen and oxygen atoms in total. The van der Waals surface area contributed by atoms with E-state index in [0.29, 0.717) is 17.9 Å². The lowest BCUT2D eigenvalue weighted by atomic mass is 10.1. The fourth-order valence-corrected chi connectivity index (χ4v) is 10.4. The van der Waals surface area contributed by atoms with E-state index in [2.05, 4.69) is 76.2 Å². The van der Waals surface area contributed by atoms with Gasteiger partial charge in [0.1, 0.15) is 0 Å². The lowest BCUT2D eigenvalue weighted by Gasteiger charge is -2.43. The molecule has 5 heteroatoms. The second-order valence-corrected chi connectivity index (χ2v) is 15.9. The van der Waals surface area contributed by atoms with E-state index >= 15 is 0 Å². The Morgan fingerprint density at radius 3 is 1.66 bits per heavy atom. The molecule has 0 heterocycles. The Hall–Kier alpha value is -2.21. The average molecular weight is 467 g/mol. The lowest BCUT2D eigenvalue weighted by molar-refractivity contribution is 0.242. The minimum absolute atomic E-state index is 0.0917. The highest BCUT2D eigenvalue weighted by Gasteiger charge is 2.50. The first-order valence-electron chi connectivity index (χ1n) is 11.2. The number of hydrogen-bond donors (Lipinski definition) is 0. The van der Waals surface area contributed by atoms with E-state index in [1.807, 2.05) is 18.2 Å². The van der Waals surface area contributed by atoms with Crippen LogP contribution in [-0.4, -0.2) is 29.1 Å². The van der Waals surface area contributed by atoms with Crippen LogP contribution < -0.4 is 10.4 Å². The van der Waals surface area contributed by atoms with Gasteiger partial charge in [0.15, 0.2) is 9.84 Å². The summed E-state index contributed by atoms with van der Waals surface area (Å²) >= 11 is 0. The van der Waals surface area contributed by atoms with Crippen molar-refractivity contribution in [3.8, 4) is 0 Å². The van der Waals surface area contributed by atoms with Crippen molar-refractivity contribution in [1.82, 2.24) is 0 Å². The normalized spacial score (nSPS) is 13.6. The van der Waals surface area contributed by atoms with Crippen molar-refractivity contribution in [3.05, 3.63) is 91.0 Å². The van der Waals surface area contributed by atoms with Crippen LogP contribution in [0.1, 0.15) is 34.1 Å². The predicted molar refractivity (Wildman–Crippen MR) is 136 cm³/mol. The van der Waals surface area contributed by atoms with Crippen molar-refractivity contribution < 1.29 is 12.8 Å². The van der Waals surface area contributed by atoms with Gasteiger partial charge in [0.25, 0.3) is 8.32 Å². The maximum absolute atomic E-state index is 12.7. The van der Waals surface area contributed by atoms with Crippen LogP contribution in [0.2, 0.25) is 5.04 Å². The fourth-order valence-electron chi connectivity index (χ4n) is 4.21. The summed E-state index contributed by atoms with van der Waals surface area (Å²) < 4.78 is 32.4. The zero-order chi connectivity index (χ0) is 23.2. The minimum atomic E-state index is -3.29. The van der Waals surface area contributed by atoms with Gasteiger partial charge in [0.2, 0.25) is 0 Å². The van der Waals surface area contributed by atoms with Crippen LogP contribution in [0.15, 0.2) is 95.9 Å². The van der Waals surface area contributed by atoms with Crippen LogP contribution in [0.5, 0.6) is 0 Å². The van der Waals surface area contributed by atoms with E-state index in [4.69, 9.17) is 4.43 Å². The molecule has 0 spiro atoms. The molecule has 0 aliphatic heterocycles. The van der Waals surface area contributed by atoms with Crippen LogP contribution in [0, 0.1) is 5.92 Å². The minimum Gasteiger partial charge on any atom is -0.407 e. The second kappa shape index (κ2) is 10.2. The highest BCUT2D eigenvalue weighted by molar-refractivity contribution is 7.91. The summed E-state index contributed by atoms with van der Waals surface area (Å²) in [6.45, 7) is 9.37. The quantitative estimate of drug-likeness (QED) is 0.414. The van der Waals surface area contributed by atoms with Crippen LogP contribution >= 0.6 is 0 Å². The Kier molecular flexibility index (Phi) is 7.75. The molecule has 0 unspecified atom stereocenters. The third-order valence-electron chi connectivity index (χ3n) is 5.98. The molecule has 0 fully saturated rings. The summed E-state index contributed by atoms with van der Waals surface area (Å²) in [7, 11) is -5.89. The number of hydrogen-bond acceptors (Lipinski definition) is 3. The SMILES string of the molecule is C[C@@H](CCS(=O)(=O)c1ccccc1)CO[Si](c1ccccc1)(c1ccccc1)C(C)(C)C. The largest absolute Gasteiger partial charge is 0.407 e. The van der Waals surface area contributed by atoms with Gasteiger partial charge in [0, 0.05) is 6.61 Å². The summed E-state index contributed by atoms with van der Waals surface area (Å²) in [4.78, 5) is 0.389. The number of rotatable bonds is 9. The summed E-state index contributed by atoms with van der Waals surface area (Å²) in [6.07, 6.45) is 0.565. The third-order valence-corrected chi connectivity index (χ3v) is 12.8. The molecule has 3 aromatic carbocycles. The van der Waals surface area contributed by atoms with Gasteiger partial charge in [-0.3, -0.25) is 0 Å². The van der Waals surface area contributed by atoms with Crippen LogP contribution in [0.3, 0.4) is 0 Å². The van der Waals surface area contributed by atoms with Crippen molar-refractivity contribution in [2.45, 2.75) is 44.0 Å². The third kappa shape index (κ3) is 5.40. The molecule has 0 N–H and O–H groups in total. The Morgan fingerprint density at radius 1 is 0.781 bits per heavy atom. The molecule has 0 saturated carbocycles. The van der Waals surface area contributed by atoms with E-state index in [0.717, 1.165) is 0 Å². The van der Waals surface area contributed by atoms with Crippen molar-refractivity contribution in [1.29, 1.82) is 0 Å². The van der Waals surface area contributed by atoms with Crippen molar-refractivity contribution >= 4 is 28.5 Å². The van der Waals surface area contributed by atoms with Gasteiger partial charge in [-0.2, -0.15) is 0 Å². The zero-order valence-electron chi connectivity index (χ0n) is 19.5. The highest BCUT2D eigenvalue weighted by Crippen LogP contribution is 2.37. The Morgan fingerprint density at radius 2 is 1.22 bits per heavy atom. The first-order chi connectivity index (χ1) is 15.2. The summed E-state index contributed by atoms with van der Waals surface area (Å²) in [5, 5.41) is 2.39. The molecule has 0 amide bonds. The van der Waals surface area contributed by atoms with E-state index in [-0.39, 0.29) is 16.7 Å². The Balaban J connectivity index is 1.83. The van der Waals surface area contributed by atoms with Crippen LogP contribution in [0.4, 0.5) is 0 Å². The van der Waals surface area contributed by atoms with Crippen LogP contribution in [-0.2, 0) is 14.3 Å². The molecule has 0 radical (unpaired) electrons. The first kappa shape index (κ1) is 24.4. The molecular formula is C27H34O3SSi. The summed E-state index contributed by atoms with van der Waals surface area (Å²) in [6, 6.07) is 29.8. The van der Waals surface area contributed by atoms with Gasteiger partial charge in [-0.15, -0.1) is 0 Å². The lowest BCUT2D eigenvalue weighted by Crippen LogP contribution is -2.66. The highest BCUT2D eigenvalue weighted by atomic mass is 32.2. The molecular weight excluding hydrogens is 432 g/mol. The predicted octanol–water partition coefficient (Wildman–Crippen LogP) is 5.06. The van der Waals surface area contributed by atoms with Crippen LogP contribution in [0.25, 0.3) is 0 Å². The number of sulfone groups is 1. The molecule has 170 valence electrons. The Bertz CT molecular complexity index is 1040. The fraction of sp³-hybridized carbons (Fsp3) is 0.333. The molecule has 0 aliphatic carbocycles. The molecule has 0 aromatic heterocycles. The van der Waals surface area contributed by atoms with E-state index in [1.165, 1.54) is 10.4 Å². The standard InChI is InChI=1S/C27H34O3SSi/c1-23(20-21-31(28,29)24-14-8-5-9-15-24)22-30-32(27(2,3)4,25-16-10-6-11-17-25)26-18-12-7-13-19-26/h5-19,23H,20-22H2,1-4H3/t23-/m0/s1. The van der Waals surface area contributed by atoms with E-state index in [9.17, 15) is 8.42 Å². The van der Waals surface area contributed by atoms with Gasteiger partial charge in [0.05, 0.1) is 10.6 Å². The topological polar surface area (TPSA) is 43.4 Å². The van der Waals surface area contributed by atoms with Gasteiger partial charge in [-0.05, 0) is 39.9 Å². The molecule has 0 bridgehead atoms. The maximum atomic E-state index is 12.7. The second-order valence-electron chi connectivity index (χ2n) is 9.50. The first-order valence-corrected chi connectivity index (χ1v) is 14.8. The van der Waals surface area contributed by atoms with Gasteiger partial charge >= 0.3 is 0 Å². The number of benzene rings is 3. The molecule has 0 saturated heterocycles. The smallest absolute Gasteiger partial charge is 0.261 e. The van der Waals surface area contributed by atoms with E-state index in [1.54, 1.807) is 24.3 Å². The average Bonchev–Trinajstić information content (AvgIpc) is 2.79. The van der Waals surface area contributed by atoms with Crippen molar-refractivity contribution in [3.63, 3.8) is 0 Å². The summed E-state index contributed by atoms with van der Waals surface area (Å²) in [5.41, 5.74) is 0. The van der Waals surface area contributed by atoms with Gasteiger partial charge in [-0.1, -0.05) is 107 Å². The monoisotopic (exact) mass is 466 g/mol.